The lowest BCUT2D eigenvalue weighted by Gasteiger charge is -2.14. The standard InChI is InChI=1S/C23H28N4O3S/c1-6-15-9-8-10-16(7-2)21(15)24-20(28)14-31-23-26-25-22(27(23)3)17-11-12-18(29-4)19(13-17)30-5/h8-13H,6-7,14H2,1-5H3,(H,24,28). The van der Waals surface area contributed by atoms with Gasteiger partial charge in [-0.05, 0) is 42.2 Å². The van der Waals surface area contributed by atoms with Crippen molar-refractivity contribution >= 4 is 23.4 Å². The summed E-state index contributed by atoms with van der Waals surface area (Å²) in [6.07, 6.45) is 1.74. The van der Waals surface area contributed by atoms with E-state index in [1.165, 1.54) is 11.8 Å². The zero-order chi connectivity index (χ0) is 22.4. The molecule has 0 radical (unpaired) electrons. The van der Waals surface area contributed by atoms with Gasteiger partial charge < -0.3 is 19.4 Å². The van der Waals surface area contributed by atoms with Crippen molar-refractivity contribution in [2.45, 2.75) is 31.8 Å². The average molecular weight is 441 g/mol. The minimum Gasteiger partial charge on any atom is -0.493 e. The Kier molecular flexibility index (Phi) is 7.57. The number of hydrogen-bond donors (Lipinski definition) is 1. The van der Waals surface area contributed by atoms with E-state index >= 15 is 0 Å². The quantitative estimate of drug-likeness (QED) is 0.498. The molecule has 1 amide bonds. The van der Waals surface area contributed by atoms with E-state index in [1.54, 1.807) is 14.2 Å². The maximum atomic E-state index is 12.6. The Hall–Kier alpha value is -3.00. The molecule has 164 valence electrons. The van der Waals surface area contributed by atoms with Crippen LogP contribution in [0.1, 0.15) is 25.0 Å². The van der Waals surface area contributed by atoms with Crippen molar-refractivity contribution in [1.82, 2.24) is 14.8 Å². The molecule has 0 saturated carbocycles. The molecule has 1 aromatic heterocycles. The molecular weight excluding hydrogens is 412 g/mol. The predicted molar refractivity (Wildman–Crippen MR) is 124 cm³/mol. The van der Waals surface area contributed by atoms with E-state index in [-0.39, 0.29) is 11.7 Å². The second-order valence-corrected chi connectivity index (χ2v) is 7.87. The van der Waals surface area contributed by atoms with E-state index < -0.39 is 0 Å². The molecule has 0 aliphatic rings. The molecule has 0 spiro atoms. The van der Waals surface area contributed by atoms with E-state index in [9.17, 15) is 4.79 Å². The summed E-state index contributed by atoms with van der Waals surface area (Å²) in [5, 5.41) is 12.3. The Morgan fingerprint density at radius 2 is 1.71 bits per heavy atom. The van der Waals surface area contributed by atoms with E-state index in [4.69, 9.17) is 9.47 Å². The Morgan fingerprint density at radius 1 is 1.03 bits per heavy atom. The first-order chi connectivity index (χ1) is 15.0. The van der Waals surface area contributed by atoms with Crippen LogP contribution in [-0.2, 0) is 24.7 Å². The number of hydrogen-bond acceptors (Lipinski definition) is 6. The topological polar surface area (TPSA) is 78.3 Å². The lowest BCUT2D eigenvalue weighted by Crippen LogP contribution is -2.17. The number of anilines is 1. The van der Waals surface area contributed by atoms with Gasteiger partial charge >= 0.3 is 0 Å². The van der Waals surface area contributed by atoms with E-state index in [1.807, 2.05) is 35.9 Å². The summed E-state index contributed by atoms with van der Waals surface area (Å²) >= 11 is 1.36. The monoisotopic (exact) mass is 440 g/mol. The molecule has 0 saturated heterocycles. The van der Waals surface area contributed by atoms with Crippen LogP contribution in [-0.4, -0.2) is 40.6 Å². The minimum atomic E-state index is -0.0590. The van der Waals surface area contributed by atoms with Crippen LogP contribution in [0.2, 0.25) is 0 Å². The first-order valence-corrected chi connectivity index (χ1v) is 11.2. The number of amides is 1. The van der Waals surface area contributed by atoms with Crippen LogP contribution in [0.3, 0.4) is 0 Å². The highest BCUT2D eigenvalue weighted by atomic mass is 32.2. The van der Waals surface area contributed by atoms with E-state index in [2.05, 4.69) is 41.5 Å². The summed E-state index contributed by atoms with van der Waals surface area (Å²) in [6, 6.07) is 11.7. The van der Waals surface area contributed by atoms with Crippen molar-refractivity contribution < 1.29 is 14.3 Å². The van der Waals surface area contributed by atoms with Gasteiger partial charge in [-0.2, -0.15) is 0 Å². The van der Waals surface area contributed by atoms with Gasteiger partial charge in [-0.25, -0.2) is 0 Å². The van der Waals surface area contributed by atoms with Gasteiger partial charge in [-0.3, -0.25) is 4.79 Å². The smallest absolute Gasteiger partial charge is 0.234 e. The van der Waals surface area contributed by atoms with Gasteiger partial charge in [0.25, 0.3) is 0 Å². The summed E-state index contributed by atoms with van der Waals surface area (Å²) in [4.78, 5) is 12.6. The number of rotatable bonds is 9. The van der Waals surface area contributed by atoms with E-state index in [0.717, 1.165) is 35.2 Å². The average Bonchev–Trinajstić information content (AvgIpc) is 3.17. The maximum Gasteiger partial charge on any atom is 0.234 e. The fraction of sp³-hybridized carbons (Fsp3) is 0.348. The van der Waals surface area contributed by atoms with Gasteiger partial charge in [0.15, 0.2) is 22.5 Å². The van der Waals surface area contributed by atoms with Gasteiger partial charge in [-0.15, -0.1) is 10.2 Å². The number of para-hydroxylation sites is 1. The number of benzene rings is 2. The number of aryl methyl sites for hydroxylation is 2. The number of methoxy groups -OCH3 is 2. The minimum absolute atomic E-state index is 0.0590. The van der Waals surface area contributed by atoms with Crippen LogP contribution in [0.4, 0.5) is 5.69 Å². The molecule has 1 N–H and O–H groups in total. The van der Waals surface area contributed by atoms with Gasteiger partial charge in [0.1, 0.15) is 0 Å². The largest absolute Gasteiger partial charge is 0.493 e. The first kappa shape index (κ1) is 22.7. The van der Waals surface area contributed by atoms with E-state index in [0.29, 0.717) is 22.5 Å². The van der Waals surface area contributed by atoms with Gasteiger partial charge in [0.2, 0.25) is 5.91 Å². The van der Waals surface area contributed by atoms with Gasteiger partial charge in [0.05, 0.1) is 20.0 Å². The molecule has 0 aliphatic carbocycles. The Labute approximate surface area is 187 Å². The molecule has 0 atom stereocenters. The fourth-order valence-corrected chi connectivity index (χ4v) is 4.09. The molecule has 0 unspecified atom stereocenters. The van der Waals surface area contributed by atoms with Crippen LogP contribution in [0.15, 0.2) is 41.6 Å². The molecule has 7 nitrogen and oxygen atoms in total. The van der Waals surface area contributed by atoms with Crippen molar-refractivity contribution in [1.29, 1.82) is 0 Å². The zero-order valence-corrected chi connectivity index (χ0v) is 19.4. The van der Waals surface area contributed by atoms with Crippen molar-refractivity contribution in [2.24, 2.45) is 7.05 Å². The summed E-state index contributed by atoms with van der Waals surface area (Å²) in [5.74, 6) is 2.15. The van der Waals surface area contributed by atoms with Crippen LogP contribution in [0, 0.1) is 0 Å². The molecular formula is C23H28N4O3S. The summed E-state index contributed by atoms with van der Waals surface area (Å²) in [7, 11) is 5.08. The second kappa shape index (κ2) is 10.3. The molecule has 8 heteroatoms. The zero-order valence-electron chi connectivity index (χ0n) is 18.6. The van der Waals surface area contributed by atoms with Crippen molar-refractivity contribution in [3.63, 3.8) is 0 Å². The highest BCUT2D eigenvalue weighted by Crippen LogP contribution is 2.32. The molecule has 2 aromatic carbocycles. The Bertz CT molecular complexity index is 1040. The number of nitrogens with zero attached hydrogens (tertiary/aromatic N) is 3. The molecule has 0 bridgehead atoms. The fourth-order valence-electron chi connectivity index (χ4n) is 3.38. The molecule has 3 aromatic rings. The molecule has 0 aliphatic heterocycles. The van der Waals surface area contributed by atoms with Crippen molar-refractivity contribution in [2.75, 3.05) is 25.3 Å². The second-order valence-electron chi connectivity index (χ2n) is 6.93. The third-order valence-corrected chi connectivity index (χ3v) is 6.09. The highest BCUT2D eigenvalue weighted by Gasteiger charge is 2.16. The van der Waals surface area contributed by atoms with Crippen LogP contribution < -0.4 is 14.8 Å². The number of carbonyl (C=O) groups excluding carboxylic acids is 1. The van der Waals surface area contributed by atoms with Crippen molar-refractivity contribution in [3.05, 3.63) is 47.5 Å². The van der Waals surface area contributed by atoms with Crippen LogP contribution >= 0.6 is 11.8 Å². The number of ether oxygens (including phenoxy) is 2. The van der Waals surface area contributed by atoms with Crippen molar-refractivity contribution in [3.8, 4) is 22.9 Å². The molecule has 31 heavy (non-hydrogen) atoms. The lowest BCUT2D eigenvalue weighted by atomic mass is 10.0. The third-order valence-electron chi connectivity index (χ3n) is 5.07. The SMILES string of the molecule is CCc1cccc(CC)c1NC(=O)CSc1nnc(-c2ccc(OC)c(OC)c2)n1C. The van der Waals surface area contributed by atoms with Gasteiger partial charge in [0, 0.05) is 18.3 Å². The molecule has 0 fully saturated rings. The van der Waals surface area contributed by atoms with Crippen LogP contribution in [0.5, 0.6) is 11.5 Å². The number of nitrogens with one attached hydrogen (secondary N) is 1. The molecule has 1 heterocycles. The summed E-state index contributed by atoms with van der Waals surface area (Å²) < 4.78 is 12.5. The lowest BCUT2D eigenvalue weighted by molar-refractivity contribution is -0.113. The summed E-state index contributed by atoms with van der Waals surface area (Å²) in [5.41, 5.74) is 4.08. The molecule has 3 rings (SSSR count). The maximum absolute atomic E-state index is 12.6. The van der Waals surface area contributed by atoms with Crippen LogP contribution in [0.25, 0.3) is 11.4 Å². The third kappa shape index (κ3) is 5.02. The number of aromatic nitrogens is 3. The number of thioether (sulfide) groups is 1. The number of carbonyl (C=O) groups is 1. The van der Waals surface area contributed by atoms with Gasteiger partial charge in [-0.1, -0.05) is 43.8 Å². The summed E-state index contributed by atoms with van der Waals surface area (Å²) in [6.45, 7) is 4.18. The Morgan fingerprint density at radius 3 is 2.32 bits per heavy atom. The highest BCUT2D eigenvalue weighted by molar-refractivity contribution is 7.99. The first-order valence-electron chi connectivity index (χ1n) is 10.2. The predicted octanol–water partition coefficient (Wildman–Crippen LogP) is 4.35. The normalized spacial score (nSPS) is 10.7. The Balaban J connectivity index is 1.72.